The Morgan fingerprint density at radius 3 is 0.947 bits per heavy atom. The molecule has 0 saturated heterocycles. The van der Waals surface area contributed by atoms with Crippen molar-refractivity contribution in [3.8, 4) is 0 Å². The molecule has 0 aliphatic rings. The number of hydrogen-bond donors (Lipinski definition) is 2. The Bertz CT molecular complexity index is 2050. The number of carbonyl (C=O) groups is 1. The van der Waals surface area contributed by atoms with E-state index in [9.17, 15) is 19.4 Å². The van der Waals surface area contributed by atoms with Crippen LogP contribution in [-0.4, -0.2) is 68.5 Å². The summed E-state index contributed by atoms with van der Waals surface area (Å²) in [6.45, 7) is 4.61. The number of allylic oxidation sites excluding steroid dienone is 24. The van der Waals surface area contributed by atoms with Gasteiger partial charge in [-0.25, -0.2) is 0 Å². The molecule has 2 N–H and O–H groups in total. The Morgan fingerprint density at radius 2 is 0.649 bits per heavy atom. The quantitative estimate of drug-likeness (QED) is 0.0272. The van der Waals surface area contributed by atoms with Crippen molar-refractivity contribution in [2.75, 3.05) is 40.9 Å². The van der Waals surface area contributed by atoms with Crippen LogP contribution < -0.4 is 10.2 Å². The summed E-state index contributed by atoms with van der Waals surface area (Å²) in [6.07, 6.45) is 112. The van der Waals surface area contributed by atoms with Crippen molar-refractivity contribution in [2.24, 2.45) is 0 Å². The highest BCUT2D eigenvalue weighted by Crippen LogP contribution is 2.38. The molecule has 0 fully saturated rings. The van der Waals surface area contributed by atoms with Crippen molar-refractivity contribution < 1.29 is 32.9 Å². The van der Waals surface area contributed by atoms with E-state index in [1.54, 1.807) is 0 Å². The Kier molecular flexibility index (Phi) is 70.8. The molecule has 0 spiro atoms. The molecule has 1 amide bonds. The van der Waals surface area contributed by atoms with Gasteiger partial charge in [-0.1, -0.05) is 372 Å². The third-order valence-electron chi connectivity index (χ3n) is 17.1. The summed E-state index contributed by atoms with van der Waals surface area (Å²) in [5, 5.41) is 14.1. The van der Waals surface area contributed by atoms with Gasteiger partial charge in [-0.15, -0.1) is 0 Å². The molecule has 0 heterocycles. The van der Waals surface area contributed by atoms with Gasteiger partial charge in [0.15, 0.2) is 0 Å². The smallest absolute Gasteiger partial charge is 0.268 e. The van der Waals surface area contributed by atoms with E-state index in [-0.39, 0.29) is 19.1 Å². The lowest BCUT2D eigenvalue weighted by molar-refractivity contribution is -0.870. The molecule has 0 aliphatic carbocycles. The first-order chi connectivity index (χ1) is 46.0. The predicted molar refractivity (Wildman–Crippen MR) is 412 cm³/mol. The van der Waals surface area contributed by atoms with Crippen LogP contribution in [0.25, 0.3) is 0 Å². The molecular weight excluding hydrogens is 1180 g/mol. The van der Waals surface area contributed by atoms with Crippen LogP contribution in [0.4, 0.5) is 0 Å². The fraction of sp³-hybridized carbons (Fsp3) is 0.706. The monoisotopic (exact) mass is 1330 g/mol. The van der Waals surface area contributed by atoms with E-state index in [1.807, 2.05) is 21.1 Å². The van der Waals surface area contributed by atoms with Crippen LogP contribution in [0.2, 0.25) is 0 Å². The highest BCUT2D eigenvalue weighted by Gasteiger charge is 2.24. The molecule has 540 valence electrons. The SMILES string of the molecule is CC/C=C\C/C=C\C/C=C\C/C=C\C/C=C\C/C=C\C/C=C\C/C=C\C/C=C\C/C=C\C/C=C\C/C=C\CCCCCCC(=O)NC(COP(=O)([O-])OCC[N+](C)(C)C)C(O)CCCCCCCCCCCCCCCCCCCCCCCCCCCCCCCCC. The molecule has 0 aromatic rings. The van der Waals surface area contributed by atoms with Crippen molar-refractivity contribution >= 4 is 13.7 Å². The number of rotatable bonds is 71. The van der Waals surface area contributed by atoms with Crippen molar-refractivity contribution in [2.45, 2.75) is 347 Å². The number of phosphoric acid groups is 1. The number of aliphatic hydroxyl groups excluding tert-OH is 1. The van der Waals surface area contributed by atoms with Crippen molar-refractivity contribution in [3.05, 3.63) is 146 Å². The van der Waals surface area contributed by atoms with Gasteiger partial charge >= 0.3 is 0 Å². The summed E-state index contributed by atoms with van der Waals surface area (Å²) in [5.74, 6) is -0.190. The highest BCUT2D eigenvalue weighted by molar-refractivity contribution is 7.45. The minimum absolute atomic E-state index is 0.000126. The Morgan fingerprint density at radius 1 is 0.383 bits per heavy atom. The van der Waals surface area contributed by atoms with Gasteiger partial charge in [0.2, 0.25) is 5.91 Å². The van der Waals surface area contributed by atoms with E-state index in [4.69, 9.17) is 9.05 Å². The van der Waals surface area contributed by atoms with Gasteiger partial charge < -0.3 is 28.8 Å². The number of carbonyl (C=O) groups excluding carboxylic acids is 1. The van der Waals surface area contributed by atoms with E-state index in [1.165, 1.54) is 180 Å². The minimum Gasteiger partial charge on any atom is -0.756 e. The molecule has 0 aromatic heterocycles. The molecule has 94 heavy (non-hydrogen) atoms. The van der Waals surface area contributed by atoms with Crippen LogP contribution in [-0.2, 0) is 18.4 Å². The van der Waals surface area contributed by atoms with Crippen molar-refractivity contribution in [1.82, 2.24) is 5.32 Å². The fourth-order valence-electron chi connectivity index (χ4n) is 11.1. The molecule has 8 nitrogen and oxygen atoms in total. The maximum Gasteiger partial charge on any atom is 0.268 e. The third kappa shape index (κ3) is 75.8. The maximum absolute atomic E-state index is 13.1. The molecule has 0 rings (SSSR count). The van der Waals surface area contributed by atoms with E-state index in [2.05, 4.69) is 165 Å². The topological polar surface area (TPSA) is 108 Å². The number of hydrogen-bond acceptors (Lipinski definition) is 6. The molecule has 0 radical (unpaired) electrons. The van der Waals surface area contributed by atoms with E-state index in [0.29, 0.717) is 23.9 Å². The average Bonchev–Trinajstić information content (AvgIpc) is 1.77. The number of phosphoric ester groups is 1. The second-order valence-electron chi connectivity index (χ2n) is 27.3. The predicted octanol–water partition coefficient (Wildman–Crippen LogP) is 25.3. The normalized spacial score (nSPS) is 14.3. The van der Waals surface area contributed by atoms with Crippen LogP contribution in [0.1, 0.15) is 335 Å². The summed E-state index contributed by atoms with van der Waals surface area (Å²) in [7, 11) is 1.28. The van der Waals surface area contributed by atoms with Gasteiger partial charge in [0.1, 0.15) is 13.2 Å². The number of nitrogens with zero attached hydrogens (tertiary/aromatic N) is 1. The largest absolute Gasteiger partial charge is 0.756 e. The van der Waals surface area contributed by atoms with Crippen LogP contribution in [0, 0.1) is 0 Å². The van der Waals surface area contributed by atoms with Gasteiger partial charge in [0.25, 0.3) is 7.82 Å². The first kappa shape index (κ1) is 90.4. The van der Waals surface area contributed by atoms with Crippen LogP contribution in [0.5, 0.6) is 0 Å². The number of unbranched alkanes of at least 4 members (excludes halogenated alkanes) is 34. The number of amides is 1. The summed E-state index contributed by atoms with van der Waals surface area (Å²) < 4.78 is 23.6. The average molecular weight is 1330 g/mol. The standard InChI is InChI=1S/C85H149N2O6P/c1-6-8-10-12-14-16-18-20-22-24-26-28-30-32-34-36-38-39-40-41-42-43-44-45-46-47-49-51-53-55-57-59-61-63-65-67-69-71-73-75-77-79-85(89)86-83(82-93-94(90,91)92-81-80-87(3,4)5)84(88)78-76-74-72-70-68-66-64-62-60-58-56-54-52-50-48-37-35-33-31-29-27-25-23-21-19-17-15-13-11-9-7-2/h8,10,14,16,20,22,26,28,32,34,38-39,41-42,44-45,47,49,53,55,59,61,65,67,83-84,88H,6-7,9,11-13,15,17-19,21,23-25,27,29-31,33,35-37,40,43,46,48,50-52,54,56-58,60,62-64,66,68-82H2,1-5H3,(H-,86,89,90,91)/b10-8-,16-14-,22-20-,28-26-,34-32-,39-38-,42-41-,45-44-,49-47-,55-53-,61-59-,67-65-. The van der Waals surface area contributed by atoms with Gasteiger partial charge in [0, 0.05) is 6.42 Å². The minimum atomic E-state index is -4.60. The molecule has 3 atom stereocenters. The highest BCUT2D eigenvalue weighted by atomic mass is 31.2. The first-order valence-electron chi connectivity index (χ1n) is 39.2. The third-order valence-corrected chi connectivity index (χ3v) is 18.1. The van der Waals surface area contributed by atoms with E-state index in [0.717, 1.165) is 128 Å². The molecule has 0 bridgehead atoms. The van der Waals surface area contributed by atoms with E-state index < -0.39 is 20.0 Å². The summed E-state index contributed by atoms with van der Waals surface area (Å²) in [4.78, 5) is 25.7. The summed E-state index contributed by atoms with van der Waals surface area (Å²) >= 11 is 0. The van der Waals surface area contributed by atoms with Gasteiger partial charge in [-0.3, -0.25) is 9.36 Å². The zero-order valence-corrected chi connectivity index (χ0v) is 62.8. The maximum atomic E-state index is 13.1. The Labute approximate surface area is 582 Å². The fourth-order valence-corrected chi connectivity index (χ4v) is 11.8. The van der Waals surface area contributed by atoms with Crippen molar-refractivity contribution in [1.29, 1.82) is 0 Å². The molecule has 0 aromatic carbocycles. The molecular formula is C85H149N2O6P. The van der Waals surface area contributed by atoms with Crippen LogP contribution >= 0.6 is 7.82 Å². The zero-order valence-electron chi connectivity index (χ0n) is 61.9. The Balaban J connectivity index is 4.11. The zero-order chi connectivity index (χ0) is 68.3. The number of quaternary nitrogens is 1. The summed E-state index contributed by atoms with van der Waals surface area (Å²) in [6, 6.07) is -0.828. The molecule has 0 aliphatic heterocycles. The molecule has 9 heteroatoms. The van der Waals surface area contributed by atoms with Gasteiger partial charge in [-0.05, 0) is 103 Å². The van der Waals surface area contributed by atoms with Gasteiger partial charge in [0.05, 0.1) is 39.9 Å². The van der Waals surface area contributed by atoms with Crippen molar-refractivity contribution in [3.63, 3.8) is 0 Å². The lowest BCUT2D eigenvalue weighted by Gasteiger charge is -2.30. The summed E-state index contributed by atoms with van der Waals surface area (Å²) in [5.41, 5.74) is 0. The lowest BCUT2D eigenvalue weighted by atomic mass is 10.0. The van der Waals surface area contributed by atoms with E-state index >= 15 is 0 Å². The van der Waals surface area contributed by atoms with Crippen LogP contribution in [0.15, 0.2) is 146 Å². The van der Waals surface area contributed by atoms with Gasteiger partial charge in [-0.2, -0.15) is 0 Å². The molecule has 3 unspecified atom stereocenters. The first-order valence-corrected chi connectivity index (χ1v) is 40.6. The number of nitrogens with one attached hydrogen (secondary N) is 1. The number of aliphatic hydroxyl groups is 1. The lowest BCUT2D eigenvalue weighted by Crippen LogP contribution is -2.46. The van der Waals surface area contributed by atoms with Crippen LogP contribution in [0.3, 0.4) is 0 Å². The number of likely N-dealkylation sites (N-methyl/N-ethyl adjacent to an activating group) is 1. The second kappa shape index (κ2) is 73.6. The Hall–Kier alpha value is -3.62. The second-order valence-corrected chi connectivity index (χ2v) is 28.7. The molecule has 0 saturated carbocycles.